The molecule has 0 aliphatic carbocycles. The molecule has 2 fully saturated rings. The van der Waals surface area contributed by atoms with Gasteiger partial charge in [-0.25, -0.2) is 0 Å². The van der Waals surface area contributed by atoms with Gasteiger partial charge >= 0.3 is 5.97 Å². The normalized spacial score (nSPS) is 22.6. The van der Waals surface area contributed by atoms with Gasteiger partial charge in [0.2, 0.25) is 0 Å². The average molecular weight is 525 g/mol. The maximum Gasteiger partial charge on any atom is 0.313 e. The molecule has 2 heterocycles. The van der Waals surface area contributed by atoms with Gasteiger partial charge in [-0.2, -0.15) is 0 Å². The predicted octanol–water partition coefficient (Wildman–Crippen LogP) is 8.89. The molecule has 2 aliphatic rings. The van der Waals surface area contributed by atoms with Crippen LogP contribution in [0.25, 0.3) is 0 Å². The van der Waals surface area contributed by atoms with Crippen molar-refractivity contribution >= 4 is 5.97 Å². The molecule has 0 spiro atoms. The largest absolute Gasteiger partial charge is 0.461 e. The van der Waals surface area contributed by atoms with Crippen molar-refractivity contribution in [1.29, 1.82) is 0 Å². The first-order valence-electron chi connectivity index (χ1n) is 15.6. The predicted molar refractivity (Wildman–Crippen MR) is 156 cm³/mol. The number of cyclic esters (lactones) is 1. The Hall–Kier alpha value is -1.91. The molecule has 0 saturated carbocycles. The van der Waals surface area contributed by atoms with Gasteiger partial charge in [0.05, 0.1) is 12.0 Å². The third kappa shape index (κ3) is 12.3. The van der Waals surface area contributed by atoms with Gasteiger partial charge in [-0.3, -0.25) is 4.79 Å². The van der Waals surface area contributed by atoms with Crippen molar-refractivity contribution < 1.29 is 19.0 Å². The Labute approximate surface area is 232 Å². The second kappa shape index (κ2) is 19.2. The van der Waals surface area contributed by atoms with Crippen LogP contribution in [0, 0.1) is 5.92 Å². The second-order valence-corrected chi connectivity index (χ2v) is 11.1. The fraction of sp³-hybridized carbons (Fsp3) is 0.676. The Morgan fingerprint density at radius 3 is 2.37 bits per heavy atom. The zero-order valence-electron chi connectivity index (χ0n) is 23.9. The fourth-order valence-electron chi connectivity index (χ4n) is 5.41. The van der Waals surface area contributed by atoms with Crippen molar-refractivity contribution in [1.82, 2.24) is 0 Å². The molecule has 4 heteroatoms. The maximum atomic E-state index is 12.2. The summed E-state index contributed by atoms with van der Waals surface area (Å²) >= 11 is 0. The van der Waals surface area contributed by atoms with Crippen molar-refractivity contribution in [2.24, 2.45) is 5.92 Å². The Balaban J connectivity index is 1.31. The van der Waals surface area contributed by atoms with Crippen LogP contribution in [-0.2, 0) is 25.4 Å². The van der Waals surface area contributed by atoms with E-state index in [1.807, 2.05) is 18.2 Å². The number of benzene rings is 1. The first-order valence-corrected chi connectivity index (χ1v) is 15.6. The molecule has 4 atom stereocenters. The summed E-state index contributed by atoms with van der Waals surface area (Å²) in [6, 6.07) is 10.3. The first-order chi connectivity index (χ1) is 18.8. The van der Waals surface area contributed by atoms with E-state index in [-0.39, 0.29) is 30.4 Å². The summed E-state index contributed by atoms with van der Waals surface area (Å²) in [5.74, 6) is -0.121. The van der Waals surface area contributed by atoms with Crippen LogP contribution < -0.4 is 0 Å². The van der Waals surface area contributed by atoms with Gasteiger partial charge in [-0.1, -0.05) is 100 Å². The average Bonchev–Trinajstić information content (AvgIpc) is 2.94. The zero-order valence-corrected chi connectivity index (χ0v) is 23.9. The molecule has 0 N–H and O–H groups in total. The third-order valence-corrected chi connectivity index (χ3v) is 7.77. The van der Waals surface area contributed by atoms with E-state index in [0.29, 0.717) is 0 Å². The summed E-state index contributed by atoms with van der Waals surface area (Å²) in [6.45, 7) is 3.04. The van der Waals surface area contributed by atoms with Gasteiger partial charge in [0.1, 0.15) is 6.10 Å². The first kappa shape index (κ1) is 30.6. The Morgan fingerprint density at radius 2 is 1.66 bits per heavy atom. The minimum Gasteiger partial charge on any atom is -0.461 e. The molecule has 38 heavy (non-hydrogen) atoms. The Morgan fingerprint density at radius 1 is 0.921 bits per heavy atom. The van der Waals surface area contributed by atoms with E-state index in [4.69, 9.17) is 14.2 Å². The molecular formula is C34H52O4. The van der Waals surface area contributed by atoms with Gasteiger partial charge in [0.15, 0.2) is 6.29 Å². The van der Waals surface area contributed by atoms with Crippen LogP contribution >= 0.6 is 0 Å². The van der Waals surface area contributed by atoms with Crippen molar-refractivity contribution in [3.63, 3.8) is 0 Å². The van der Waals surface area contributed by atoms with Crippen LogP contribution in [0.4, 0.5) is 0 Å². The standard InChI is InChI=1S/C34H52O4/c1-2-3-4-5-6-7-8-9-10-11-12-13-14-15-19-24-30(37-33-25-20-21-26-36-33)28-32-31(34(35)38-32)27-29-22-17-16-18-23-29/h6-7,9-10,16-18,22-23,30-33H,2-5,8,11-15,19-21,24-28H2,1H3. The molecule has 0 bridgehead atoms. The lowest BCUT2D eigenvalue weighted by Crippen LogP contribution is -2.48. The highest BCUT2D eigenvalue weighted by atomic mass is 16.7. The summed E-state index contributed by atoms with van der Waals surface area (Å²) in [5, 5.41) is 0. The van der Waals surface area contributed by atoms with Crippen LogP contribution in [0.1, 0.15) is 115 Å². The highest BCUT2D eigenvalue weighted by molar-refractivity contribution is 5.78. The van der Waals surface area contributed by atoms with Gasteiger partial charge in [-0.05, 0) is 69.8 Å². The SMILES string of the molecule is CCCCCC=CCC=CCCCCCCCC(CC1OC(=O)C1Cc1ccccc1)OC1CCCCO1. The molecule has 2 aliphatic heterocycles. The van der Waals surface area contributed by atoms with Crippen molar-refractivity contribution in [2.45, 2.75) is 135 Å². The zero-order chi connectivity index (χ0) is 26.7. The molecule has 1 aromatic carbocycles. The molecule has 3 rings (SSSR count). The monoisotopic (exact) mass is 524 g/mol. The lowest BCUT2D eigenvalue weighted by Gasteiger charge is -2.38. The second-order valence-electron chi connectivity index (χ2n) is 11.1. The highest BCUT2D eigenvalue weighted by Crippen LogP contribution is 2.32. The van der Waals surface area contributed by atoms with Gasteiger partial charge in [0, 0.05) is 13.0 Å². The van der Waals surface area contributed by atoms with Crippen molar-refractivity contribution in [3.05, 3.63) is 60.2 Å². The van der Waals surface area contributed by atoms with Crippen LogP contribution in [0.15, 0.2) is 54.6 Å². The lowest BCUT2D eigenvalue weighted by molar-refractivity contribution is -0.210. The summed E-state index contributed by atoms with van der Waals surface area (Å²) in [4.78, 5) is 12.2. The van der Waals surface area contributed by atoms with E-state index in [0.717, 1.165) is 58.0 Å². The number of carbonyl (C=O) groups is 1. The van der Waals surface area contributed by atoms with E-state index in [1.165, 1.54) is 63.4 Å². The summed E-state index contributed by atoms with van der Waals surface area (Å²) in [6.07, 6.45) is 28.7. The Bertz CT molecular complexity index is 796. The number of ether oxygens (including phenoxy) is 3. The van der Waals surface area contributed by atoms with Crippen LogP contribution in [0.5, 0.6) is 0 Å². The minimum atomic E-state index is -0.102. The highest BCUT2D eigenvalue weighted by Gasteiger charge is 2.43. The summed E-state index contributed by atoms with van der Waals surface area (Å²) < 4.78 is 17.9. The number of rotatable bonds is 20. The number of carbonyl (C=O) groups excluding carboxylic acids is 1. The van der Waals surface area contributed by atoms with E-state index in [9.17, 15) is 4.79 Å². The van der Waals surface area contributed by atoms with Gasteiger partial charge < -0.3 is 14.2 Å². The van der Waals surface area contributed by atoms with Gasteiger partial charge in [-0.15, -0.1) is 0 Å². The lowest BCUT2D eigenvalue weighted by atomic mass is 9.86. The molecule has 0 aromatic heterocycles. The molecular weight excluding hydrogens is 472 g/mol. The third-order valence-electron chi connectivity index (χ3n) is 7.77. The van der Waals surface area contributed by atoms with Crippen molar-refractivity contribution in [3.8, 4) is 0 Å². The smallest absolute Gasteiger partial charge is 0.313 e. The molecule has 0 amide bonds. The molecule has 0 radical (unpaired) electrons. The topological polar surface area (TPSA) is 44.8 Å². The molecule has 4 unspecified atom stereocenters. The van der Waals surface area contributed by atoms with E-state index >= 15 is 0 Å². The van der Waals surface area contributed by atoms with E-state index in [2.05, 4.69) is 43.4 Å². The Kier molecular flexibility index (Phi) is 15.5. The number of hydrogen-bond acceptors (Lipinski definition) is 4. The van der Waals surface area contributed by atoms with Gasteiger partial charge in [0.25, 0.3) is 0 Å². The quantitative estimate of drug-likeness (QED) is 0.0970. The molecule has 212 valence electrons. The molecule has 2 saturated heterocycles. The summed E-state index contributed by atoms with van der Waals surface area (Å²) in [5.41, 5.74) is 1.20. The number of unbranched alkanes of at least 4 members (excludes halogenated alkanes) is 8. The summed E-state index contributed by atoms with van der Waals surface area (Å²) in [7, 11) is 0. The van der Waals surface area contributed by atoms with Crippen LogP contribution in [-0.4, -0.2) is 31.1 Å². The molecule has 4 nitrogen and oxygen atoms in total. The molecule has 1 aromatic rings. The van der Waals surface area contributed by atoms with Crippen molar-refractivity contribution in [2.75, 3.05) is 6.61 Å². The van der Waals surface area contributed by atoms with E-state index in [1.54, 1.807) is 0 Å². The van der Waals surface area contributed by atoms with Crippen LogP contribution in [0.3, 0.4) is 0 Å². The number of allylic oxidation sites excluding steroid dienone is 4. The van der Waals surface area contributed by atoms with Crippen LogP contribution in [0.2, 0.25) is 0 Å². The number of esters is 1. The van der Waals surface area contributed by atoms with E-state index < -0.39 is 0 Å². The number of hydrogen-bond donors (Lipinski definition) is 0. The fourth-order valence-corrected chi connectivity index (χ4v) is 5.41. The maximum absolute atomic E-state index is 12.2. The minimum absolute atomic E-state index is 0.0470.